The van der Waals surface area contributed by atoms with Crippen LogP contribution in [-0.2, 0) is 13.2 Å². The zero-order chi connectivity index (χ0) is 23.5. The summed E-state index contributed by atoms with van der Waals surface area (Å²) < 4.78 is 67.3. The average Bonchev–Trinajstić information content (AvgIpc) is 3.44. The van der Waals surface area contributed by atoms with E-state index in [1.807, 2.05) is 18.2 Å². The Balaban J connectivity index is 1.39. The molecule has 6 nitrogen and oxygen atoms in total. The van der Waals surface area contributed by atoms with E-state index in [1.54, 1.807) is 12.1 Å². The first-order valence-corrected chi connectivity index (χ1v) is 10.2. The molecule has 0 aliphatic carbocycles. The fourth-order valence-corrected chi connectivity index (χ4v) is 3.31. The van der Waals surface area contributed by atoms with E-state index in [2.05, 4.69) is 26.3 Å². The van der Waals surface area contributed by atoms with Gasteiger partial charge < -0.3 is 14.5 Å². The van der Waals surface area contributed by atoms with Crippen molar-refractivity contribution in [1.82, 2.24) is 9.78 Å². The monoisotopic (exact) mass is 523 g/mol. The Labute approximate surface area is 192 Å². The third-order valence-corrected chi connectivity index (χ3v) is 5.15. The van der Waals surface area contributed by atoms with Gasteiger partial charge in [0.15, 0.2) is 34.8 Å². The van der Waals surface area contributed by atoms with Crippen LogP contribution in [0.1, 0.15) is 21.9 Å². The van der Waals surface area contributed by atoms with Gasteiger partial charge in [0.05, 0.1) is 16.6 Å². The third kappa shape index (κ3) is 5.08. The number of amides is 1. The van der Waals surface area contributed by atoms with Gasteiger partial charge in [-0.1, -0.05) is 12.1 Å². The van der Waals surface area contributed by atoms with E-state index in [4.69, 9.17) is 9.15 Å². The molecule has 0 aliphatic rings. The number of carbonyl (C=O) groups is 1. The molecular weight excluding hydrogens is 510 g/mol. The molecule has 2 heterocycles. The Kier molecular flexibility index (Phi) is 6.50. The van der Waals surface area contributed by atoms with Crippen molar-refractivity contribution >= 4 is 27.7 Å². The Bertz CT molecular complexity index is 1300. The number of aromatic nitrogens is 2. The van der Waals surface area contributed by atoms with Crippen molar-refractivity contribution in [1.29, 1.82) is 0 Å². The summed E-state index contributed by atoms with van der Waals surface area (Å²) in [6, 6.07) is 11.8. The lowest BCUT2D eigenvalue weighted by molar-refractivity contribution is 0.0992. The molecule has 0 spiro atoms. The number of furan rings is 1. The number of nitrogens with one attached hydrogen (secondary N) is 1. The Morgan fingerprint density at radius 1 is 1.06 bits per heavy atom. The second kappa shape index (κ2) is 9.49. The molecule has 0 fully saturated rings. The lowest BCUT2D eigenvalue weighted by Gasteiger charge is -2.07. The normalized spacial score (nSPS) is 10.9. The summed E-state index contributed by atoms with van der Waals surface area (Å²) in [6.45, 7) is -0.495. The fraction of sp³-hybridized carbons (Fsp3) is 0.0909. The van der Waals surface area contributed by atoms with Crippen molar-refractivity contribution in [3.05, 3.63) is 99.6 Å². The molecule has 0 aliphatic heterocycles. The van der Waals surface area contributed by atoms with Crippen LogP contribution in [0.3, 0.4) is 0 Å². The number of benzene rings is 2. The smallest absolute Gasteiger partial charge is 0.292 e. The fourth-order valence-electron chi connectivity index (χ4n) is 2.91. The van der Waals surface area contributed by atoms with Crippen LogP contribution in [0.15, 0.2) is 63.6 Å². The van der Waals surface area contributed by atoms with Crippen molar-refractivity contribution < 1.29 is 31.5 Å². The predicted octanol–water partition coefficient (Wildman–Crippen LogP) is 5.67. The summed E-state index contributed by atoms with van der Waals surface area (Å²) in [5.41, 5.74) is -0.825. The maximum Gasteiger partial charge on any atom is 0.292 e. The second-order valence-corrected chi connectivity index (χ2v) is 7.64. The molecule has 0 atom stereocenters. The molecule has 0 saturated heterocycles. The number of para-hydroxylation sites is 1. The summed E-state index contributed by atoms with van der Waals surface area (Å²) in [4.78, 5) is 12.4. The van der Waals surface area contributed by atoms with Crippen molar-refractivity contribution in [2.75, 3.05) is 5.32 Å². The largest absolute Gasteiger partial charge is 0.484 e. The molecular formula is C22H14BrF4N3O3. The lowest BCUT2D eigenvalue weighted by Crippen LogP contribution is -2.13. The van der Waals surface area contributed by atoms with Crippen LogP contribution in [0.4, 0.5) is 23.4 Å². The minimum Gasteiger partial charge on any atom is -0.484 e. The van der Waals surface area contributed by atoms with Crippen LogP contribution in [0.5, 0.6) is 5.75 Å². The molecule has 33 heavy (non-hydrogen) atoms. The average molecular weight is 524 g/mol. The molecule has 170 valence electrons. The highest BCUT2D eigenvalue weighted by Crippen LogP contribution is 2.25. The van der Waals surface area contributed by atoms with E-state index in [0.717, 1.165) is 9.15 Å². The van der Waals surface area contributed by atoms with Crippen LogP contribution in [0.25, 0.3) is 0 Å². The molecule has 2 aromatic heterocycles. The molecule has 0 saturated carbocycles. The van der Waals surface area contributed by atoms with Crippen LogP contribution in [-0.4, -0.2) is 15.7 Å². The molecule has 4 rings (SSSR count). The molecule has 11 heteroatoms. The first-order chi connectivity index (χ1) is 15.8. The summed E-state index contributed by atoms with van der Waals surface area (Å²) in [6.07, 6.45) is 1.29. The zero-order valence-corrected chi connectivity index (χ0v) is 18.2. The maximum atomic E-state index is 13.8. The van der Waals surface area contributed by atoms with Gasteiger partial charge in [-0.3, -0.25) is 9.48 Å². The Hall–Kier alpha value is -3.60. The number of halogens is 5. The van der Waals surface area contributed by atoms with Gasteiger partial charge in [0.1, 0.15) is 18.1 Å². The summed E-state index contributed by atoms with van der Waals surface area (Å²) in [7, 11) is 0. The van der Waals surface area contributed by atoms with E-state index in [-0.39, 0.29) is 24.3 Å². The third-order valence-electron chi connectivity index (χ3n) is 4.50. The van der Waals surface area contributed by atoms with E-state index in [9.17, 15) is 22.4 Å². The SMILES string of the molecule is O=C(Nc1ccn(Cc2c(F)c(F)cc(F)c2F)n1)c1ccc(COc2ccccc2Br)o1. The molecule has 0 unspecified atom stereocenters. The zero-order valence-electron chi connectivity index (χ0n) is 16.6. The highest BCUT2D eigenvalue weighted by molar-refractivity contribution is 9.10. The van der Waals surface area contributed by atoms with Gasteiger partial charge in [0, 0.05) is 18.3 Å². The summed E-state index contributed by atoms with van der Waals surface area (Å²) in [5.74, 6) is -5.63. The number of nitrogens with zero attached hydrogens (tertiary/aromatic N) is 2. The van der Waals surface area contributed by atoms with E-state index in [0.29, 0.717) is 11.5 Å². The lowest BCUT2D eigenvalue weighted by atomic mass is 10.2. The number of ether oxygens (including phenoxy) is 1. The van der Waals surface area contributed by atoms with Crippen LogP contribution < -0.4 is 10.1 Å². The maximum absolute atomic E-state index is 13.8. The van der Waals surface area contributed by atoms with Crippen molar-refractivity contribution in [2.24, 2.45) is 0 Å². The summed E-state index contributed by atoms with van der Waals surface area (Å²) >= 11 is 3.37. The van der Waals surface area contributed by atoms with Crippen molar-refractivity contribution in [3.63, 3.8) is 0 Å². The highest BCUT2D eigenvalue weighted by atomic mass is 79.9. The minimum absolute atomic E-state index is 0.0143. The number of carbonyl (C=O) groups excluding carboxylic acids is 1. The quantitative estimate of drug-likeness (QED) is 0.250. The number of rotatable bonds is 7. The Morgan fingerprint density at radius 2 is 1.79 bits per heavy atom. The predicted molar refractivity (Wildman–Crippen MR) is 113 cm³/mol. The van der Waals surface area contributed by atoms with Gasteiger partial charge in [-0.2, -0.15) is 5.10 Å². The molecule has 1 N–H and O–H groups in total. The van der Waals surface area contributed by atoms with E-state index in [1.165, 1.54) is 18.3 Å². The molecule has 2 aromatic carbocycles. The van der Waals surface area contributed by atoms with Crippen LogP contribution >= 0.6 is 15.9 Å². The molecule has 4 aromatic rings. The molecule has 0 radical (unpaired) electrons. The van der Waals surface area contributed by atoms with Crippen molar-refractivity contribution in [2.45, 2.75) is 13.2 Å². The molecule has 1 amide bonds. The first-order valence-electron chi connectivity index (χ1n) is 9.44. The summed E-state index contributed by atoms with van der Waals surface area (Å²) in [5, 5.41) is 6.40. The molecule has 0 bridgehead atoms. The van der Waals surface area contributed by atoms with Crippen LogP contribution in [0.2, 0.25) is 0 Å². The minimum atomic E-state index is -1.51. The van der Waals surface area contributed by atoms with Gasteiger partial charge in [-0.25, -0.2) is 17.6 Å². The number of anilines is 1. The van der Waals surface area contributed by atoms with Gasteiger partial charge >= 0.3 is 0 Å². The van der Waals surface area contributed by atoms with Gasteiger partial charge in [-0.15, -0.1) is 0 Å². The topological polar surface area (TPSA) is 69.3 Å². The van der Waals surface area contributed by atoms with E-state index < -0.39 is 41.3 Å². The Morgan fingerprint density at radius 3 is 2.52 bits per heavy atom. The van der Waals surface area contributed by atoms with Gasteiger partial charge in [0.2, 0.25) is 0 Å². The van der Waals surface area contributed by atoms with Gasteiger partial charge in [-0.05, 0) is 40.2 Å². The first kappa shape index (κ1) is 22.6. The van der Waals surface area contributed by atoms with E-state index >= 15 is 0 Å². The number of hydrogen-bond acceptors (Lipinski definition) is 4. The highest BCUT2D eigenvalue weighted by Gasteiger charge is 2.20. The van der Waals surface area contributed by atoms with Crippen molar-refractivity contribution in [3.8, 4) is 5.75 Å². The second-order valence-electron chi connectivity index (χ2n) is 6.78. The standard InChI is InChI=1S/C22H14BrF4N3O3/c23-14-3-1-2-4-17(14)32-11-12-5-6-18(33-12)22(31)28-19-7-8-30(29-19)10-13-20(26)15(24)9-16(25)21(13)27/h1-9H,10-11H2,(H,28,29,31). The van der Waals surface area contributed by atoms with Gasteiger partial charge in [0.25, 0.3) is 5.91 Å². The number of hydrogen-bond donors (Lipinski definition) is 1. The van der Waals surface area contributed by atoms with Crippen LogP contribution in [0, 0.1) is 23.3 Å².